The quantitative estimate of drug-likeness (QED) is 0.620. The molecule has 0 bridgehead atoms. The standard InChI is InChI=1S/C14H19N3O4/c1-2-10-3-4-11(9-13(10)17(20)21)15-14(19)16(7-8-18)12-5-6-12/h3-4,9,12,18H,2,5-8H2,1H3,(H,15,19). The molecule has 1 saturated carbocycles. The number of urea groups is 1. The van der Waals surface area contributed by atoms with Gasteiger partial charge < -0.3 is 15.3 Å². The Morgan fingerprint density at radius 2 is 2.24 bits per heavy atom. The molecular formula is C14H19N3O4. The molecule has 0 radical (unpaired) electrons. The first-order valence-corrected chi connectivity index (χ1v) is 7.02. The van der Waals surface area contributed by atoms with Gasteiger partial charge in [-0.3, -0.25) is 10.1 Å². The lowest BCUT2D eigenvalue weighted by atomic mass is 10.1. The van der Waals surface area contributed by atoms with E-state index in [1.54, 1.807) is 17.0 Å². The number of aryl methyl sites for hydroxylation is 1. The highest BCUT2D eigenvalue weighted by Crippen LogP contribution is 2.28. The molecule has 2 rings (SSSR count). The minimum absolute atomic E-state index is 0.00966. The topological polar surface area (TPSA) is 95.7 Å². The van der Waals surface area contributed by atoms with Gasteiger partial charge in [-0.25, -0.2) is 4.79 Å². The fraction of sp³-hybridized carbons (Fsp3) is 0.500. The van der Waals surface area contributed by atoms with E-state index in [-0.39, 0.29) is 30.9 Å². The minimum atomic E-state index is -0.444. The molecule has 0 aromatic heterocycles. The fourth-order valence-corrected chi connectivity index (χ4v) is 2.25. The van der Waals surface area contributed by atoms with Crippen LogP contribution in [0.5, 0.6) is 0 Å². The molecular weight excluding hydrogens is 274 g/mol. The number of nitro benzene ring substituents is 1. The smallest absolute Gasteiger partial charge is 0.322 e. The molecule has 7 heteroatoms. The van der Waals surface area contributed by atoms with Crippen LogP contribution in [0.3, 0.4) is 0 Å². The molecule has 1 aliphatic rings. The van der Waals surface area contributed by atoms with Crippen molar-refractivity contribution in [3.05, 3.63) is 33.9 Å². The molecule has 0 spiro atoms. The van der Waals surface area contributed by atoms with Gasteiger partial charge in [0.05, 0.1) is 11.5 Å². The number of carbonyl (C=O) groups is 1. The van der Waals surface area contributed by atoms with E-state index in [0.29, 0.717) is 17.7 Å². The highest BCUT2D eigenvalue weighted by atomic mass is 16.6. The van der Waals surface area contributed by atoms with Crippen LogP contribution in [-0.2, 0) is 6.42 Å². The minimum Gasteiger partial charge on any atom is -0.395 e. The number of anilines is 1. The van der Waals surface area contributed by atoms with Gasteiger partial charge >= 0.3 is 6.03 Å². The van der Waals surface area contributed by atoms with Crippen molar-refractivity contribution in [3.8, 4) is 0 Å². The number of benzene rings is 1. The molecule has 0 atom stereocenters. The van der Waals surface area contributed by atoms with Gasteiger partial charge in [0.25, 0.3) is 5.69 Å². The van der Waals surface area contributed by atoms with Gasteiger partial charge in [0, 0.05) is 29.9 Å². The van der Waals surface area contributed by atoms with Gasteiger partial charge in [0.1, 0.15) is 0 Å². The molecule has 0 heterocycles. The molecule has 1 aromatic rings. The number of hydrogen-bond donors (Lipinski definition) is 2. The molecule has 114 valence electrons. The lowest BCUT2D eigenvalue weighted by Gasteiger charge is -2.21. The number of nitrogens with zero attached hydrogens (tertiary/aromatic N) is 2. The van der Waals surface area contributed by atoms with Crippen molar-refractivity contribution in [2.75, 3.05) is 18.5 Å². The second-order valence-electron chi connectivity index (χ2n) is 5.03. The number of nitrogens with one attached hydrogen (secondary N) is 1. The zero-order valence-corrected chi connectivity index (χ0v) is 11.9. The van der Waals surface area contributed by atoms with Gasteiger partial charge in [-0.15, -0.1) is 0 Å². The Hall–Kier alpha value is -2.15. The number of hydrogen-bond acceptors (Lipinski definition) is 4. The molecule has 21 heavy (non-hydrogen) atoms. The Bertz CT molecular complexity index is 543. The van der Waals surface area contributed by atoms with Crippen molar-refractivity contribution >= 4 is 17.4 Å². The van der Waals surface area contributed by atoms with Crippen LogP contribution in [-0.4, -0.2) is 40.2 Å². The van der Waals surface area contributed by atoms with E-state index in [2.05, 4.69) is 5.32 Å². The summed E-state index contributed by atoms with van der Waals surface area (Å²) in [6.07, 6.45) is 2.42. The van der Waals surface area contributed by atoms with Gasteiger partial charge in [0.15, 0.2) is 0 Å². The van der Waals surface area contributed by atoms with Crippen LogP contribution in [0.15, 0.2) is 18.2 Å². The lowest BCUT2D eigenvalue weighted by molar-refractivity contribution is -0.385. The summed E-state index contributed by atoms with van der Waals surface area (Å²) in [6, 6.07) is 4.53. The van der Waals surface area contributed by atoms with E-state index >= 15 is 0 Å². The molecule has 2 N–H and O–H groups in total. The average Bonchev–Trinajstić information content (AvgIpc) is 3.29. The van der Waals surface area contributed by atoms with E-state index in [1.807, 2.05) is 6.92 Å². The van der Waals surface area contributed by atoms with Crippen LogP contribution in [0.25, 0.3) is 0 Å². The van der Waals surface area contributed by atoms with E-state index in [4.69, 9.17) is 5.11 Å². The molecule has 1 aromatic carbocycles. The van der Waals surface area contributed by atoms with Crippen LogP contribution < -0.4 is 5.32 Å². The number of amides is 2. The number of carbonyl (C=O) groups excluding carboxylic acids is 1. The number of nitro groups is 1. The zero-order chi connectivity index (χ0) is 15.4. The summed E-state index contributed by atoms with van der Waals surface area (Å²) in [7, 11) is 0. The molecule has 0 aliphatic heterocycles. The monoisotopic (exact) mass is 293 g/mol. The van der Waals surface area contributed by atoms with Crippen molar-refractivity contribution in [2.24, 2.45) is 0 Å². The van der Waals surface area contributed by atoms with Crippen LogP contribution in [0.2, 0.25) is 0 Å². The third-order valence-corrected chi connectivity index (χ3v) is 3.50. The van der Waals surface area contributed by atoms with Crippen molar-refractivity contribution in [1.29, 1.82) is 0 Å². The first-order valence-electron chi connectivity index (χ1n) is 7.02. The second kappa shape index (κ2) is 6.53. The summed E-state index contributed by atoms with van der Waals surface area (Å²) in [5.74, 6) is 0. The van der Waals surface area contributed by atoms with Crippen molar-refractivity contribution in [2.45, 2.75) is 32.2 Å². The average molecular weight is 293 g/mol. The molecule has 0 saturated heterocycles. The normalized spacial score (nSPS) is 13.8. The van der Waals surface area contributed by atoms with Gasteiger partial charge in [-0.1, -0.05) is 13.0 Å². The molecule has 7 nitrogen and oxygen atoms in total. The van der Waals surface area contributed by atoms with E-state index in [9.17, 15) is 14.9 Å². The summed E-state index contributed by atoms with van der Waals surface area (Å²) in [6.45, 7) is 2.02. The Kier molecular flexibility index (Phi) is 4.74. The summed E-state index contributed by atoms with van der Waals surface area (Å²) in [4.78, 5) is 24.3. The summed E-state index contributed by atoms with van der Waals surface area (Å²) in [5.41, 5.74) is 1.04. The van der Waals surface area contributed by atoms with Crippen LogP contribution in [0.1, 0.15) is 25.3 Å². The molecule has 2 amide bonds. The highest BCUT2D eigenvalue weighted by Gasteiger charge is 2.32. The van der Waals surface area contributed by atoms with Gasteiger partial charge in [0.2, 0.25) is 0 Å². The first-order chi connectivity index (χ1) is 10.1. The van der Waals surface area contributed by atoms with Gasteiger partial charge in [-0.05, 0) is 25.3 Å². The predicted octanol–water partition coefficient (Wildman–Crippen LogP) is 2.15. The van der Waals surface area contributed by atoms with Crippen LogP contribution in [0.4, 0.5) is 16.2 Å². The fourth-order valence-electron chi connectivity index (χ4n) is 2.25. The van der Waals surface area contributed by atoms with Crippen molar-refractivity contribution in [1.82, 2.24) is 4.90 Å². The van der Waals surface area contributed by atoms with Crippen molar-refractivity contribution < 1.29 is 14.8 Å². The maximum atomic E-state index is 12.2. The predicted molar refractivity (Wildman–Crippen MR) is 78.3 cm³/mol. The third kappa shape index (κ3) is 3.69. The van der Waals surface area contributed by atoms with E-state index in [0.717, 1.165) is 12.8 Å². The second-order valence-corrected chi connectivity index (χ2v) is 5.03. The van der Waals surface area contributed by atoms with Crippen LogP contribution >= 0.6 is 0 Å². The van der Waals surface area contributed by atoms with Gasteiger partial charge in [-0.2, -0.15) is 0 Å². The SMILES string of the molecule is CCc1ccc(NC(=O)N(CCO)C2CC2)cc1[N+](=O)[O-]. The third-order valence-electron chi connectivity index (χ3n) is 3.50. The maximum absolute atomic E-state index is 12.2. The zero-order valence-electron chi connectivity index (χ0n) is 11.9. The first kappa shape index (κ1) is 15.2. The molecule has 0 unspecified atom stereocenters. The van der Waals surface area contributed by atoms with E-state index < -0.39 is 4.92 Å². The van der Waals surface area contributed by atoms with Crippen molar-refractivity contribution in [3.63, 3.8) is 0 Å². The lowest BCUT2D eigenvalue weighted by Crippen LogP contribution is -2.38. The Labute approximate surface area is 122 Å². The van der Waals surface area contributed by atoms with Crippen LogP contribution in [0, 0.1) is 10.1 Å². The summed E-state index contributed by atoms with van der Waals surface area (Å²) in [5, 5.41) is 22.7. The number of aliphatic hydroxyl groups excluding tert-OH is 1. The molecule has 1 fully saturated rings. The largest absolute Gasteiger partial charge is 0.395 e. The Morgan fingerprint density at radius 1 is 1.52 bits per heavy atom. The molecule has 1 aliphatic carbocycles. The number of rotatable bonds is 6. The Morgan fingerprint density at radius 3 is 2.76 bits per heavy atom. The maximum Gasteiger partial charge on any atom is 0.322 e. The Balaban J connectivity index is 2.13. The highest BCUT2D eigenvalue weighted by molar-refractivity contribution is 5.90. The summed E-state index contributed by atoms with van der Waals surface area (Å²) >= 11 is 0. The number of aliphatic hydroxyl groups is 1. The van der Waals surface area contributed by atoms with E-state index in [1.165, 1.54) is 6.07 Å². The summed E-state index contributed by atoms with van der Waals surface area (Å²) < 4.78 is 0.